The second kappa shape index (κ2) is 7.34. The van der Waals surface area contributed by atoms with Gasteiger partial charge >= 0.3 is 0 Å². The lowest BCUT2D eigenvalue weighted by molar-refractivity contribution is -0.0380. The molecule has 0 saturated heterocycles. The minimum Gasteiger partial charge on any atom is -0.493 e. The molecule has 0 bridgehead atoms. The molecule has 1 aromatic carbocycles. The third kappa shape index (κ3) is 3.82. The summed E-state index contributed by atoms with van der Waals surface area (Å²) in [6.45, 7) is 2.76. The Hall–Kier alpha value is -0.970. The number of methoxy groups -OCH3 is 2. The molecule has 0 radical (unpaired) electrons. The van der Waals surface area contributed by atoms with E-state index in [1.807, 2.05) is 6.92 Å². The van der Waals surface area contributed by atoms with E-state index in [1.165, 1.54) is 0 Å². The van der Waals surface area contributed by atoms with Gasteiger partial charge in [-0.25, -0.2) is 0 Å². The van der Waals surface area contributed by atoms with Crippen LogP contribution in [0.25, 0.3) is 0 Å². The van der Waals surface area contributed by atoms with Crippen molar-refractivity contribution in [2.24, 2.45) is 5.92 Å². The van der Waals surface area contributed by atoms with Crippen LogP contribution < -0.4 is 9.47 Å². The van der Waals surface area contributed by atoms with Crippen LogP contribution in [0.5, 0.6) is 11.5 Å². The van der Waals surface area contributed by atoms with Gasteiger partial charge in [-0.1, -0.05) is 11.6 Å². The highest BCUT2D eigenvalue weighted by Gasteiger charge is 2.32. The SMILES string of the molecule is CCOC1CC(CC(O)c2cc(OC)c(OC)cc2Cl)C1. The van der Waals surface area contributed by atoms with Gasteiger partial charge in [-0.05, 0) is 38.2 Å². The first kappa shape index (κ1) is 16.4. The largest absolute Gasteiger partial charge is 0.493 e. The molecular formula is C16H23ClO4. The fraction of sp³-hybridized carbons (Fsp3) is 0.625. The van der Waals surface area contributed by atoms with Gasteiger partial charge in [-0.3, -0.25) is 0 Å². The van der Waals surface area contributed by atoms with Crippen molar-refractivity contribution in [2.75, 3.05) is 20.8 Å². The van der Waals surface area contributed by atoms with E-state index in [9.17, 15) is 5.11 Å². The first-order valence-corrected chi connectivity index (χ1v) is 7.67. The van der Waals surface area contributed by atoms with Crippen molar-refractivity contribution in [2.45, 2.75) is 38.4 Å². The molecule has 2 rings (SSSR count). The Morgan fingerprint density at radius 1 is 1.24 bits per heavy atom. The summed E-state index contributed by atoms with van der Waals surface area (Å²) < 4.78 is 16.0. The smallest absolute Gasteiger partial charge is 0.162 e. The molecule has 0 aliphatic heterocycles. The average molecular weight is 315 g/mol. The van der Waals surface area contributed by atoms with E-state index in [4.69, 9.17) is 25.8 Å². The number of rotatable bonds is 7. The summed E-state index contributed by atoms with van der Waals surface area (Å²) in [5, 5.41) is 10.9. The molecule has 5 heteroatoms. The van der Waals surface area contributed by atoms with Crippen LogP contribution in [0.3, 0.4) is 0 Å². The monoisotopic (exact) mass is 314 g/mol. The molecule has 1 aliphatic carbocycles. The van der Waals surface area contributed by atoms with Crippen molar-refractivity contribution in [1.29, 1.82) is 0 Å². The highest BCUT2D eigenvalue weighted by atomic mass is 35.5. The molecule has 21 heavy (non-hydrogen) atoms. The van der Waals surface area contributed by atoms with Gasteiger partial charge in [0.1, 0.15) is 0 Å². The van der Waals surface area contributed by atoms with Gasteiger partial charge in [0.2, 0.25) is 0 Å². The zero-order chi connectivity index (χ0) is 15.4. The minimum atomic E-state index is -0.593. The normalized spacial score (nSPS) is 22.5. The van der Waals surface area contributed by atoms with Gasteiger partial charge in [0.05, 0.1) is 31.5 Å². The van der Waals surface area contributed by atoms with Gasteiger partial charge in [0.25, 0.3) is 0 Å². The Balaban J connectivity index is 2.01. The topological polar surface area (TPSA) is 47.9 Å². The predicted molar refractivity (Wildman–Crippen MR) is 82.3 cm³/mol. The third-order valence-corrected chi connectivity index (χ3v) is 4.34. The number of hydrogen-bond donors (Lipinski definition) is 1. The second-order valence-corrected chi connectivity index (χ2v) is 5.80. The van der Waals surface area contributed by atoms with E-state index < -0.39 is 6.10 Å². The van der Waals surface area contributed by atoms with Crippen LogP contribution in [0, 0.1) is 5.92 Å². The first-order valence-electron chi connectivity index (χ1n) is 7.30. The molecule has 0 spiro atoms. The van der Waals surface area contributed by atoms with E-state index in [-0.39, 0.29) is 0 Å². The molecule has 1 saturated carbocycles. The summed E-state index contributed by atoms with van der Waals surface area (Å²) in [5.74, 6) is 1.64. The molecule has 118 valence electrons. The molecule has 0 heterocycles. The van der Waals surface area contributed by atoms with Crippen molar-refractivity contribution < 1.29 is 19.3 Å². The molecule has 1 aliphatic rings. The zero-order valence-corrected chi connectivity index (χ0v) is 13.5. The number of halogens is 1. The Morgan fingerprint density at radius 3 is 2.43 bits per heavy atom. The number of benzene rings is 1. The van der Waals surface area contributed by atoms with Crippen molar-refractivity contribution in [3.63, 3.8) is 0 Å². The summed E-state index contributed by atoms with van der Waals surface area (Å²) >= 11 is 6.23. The first-order chi connectivity index (χ1) is 10.1. The maximum absolute atomic E-state index is 10.4. The van der Waals surface area contributed by atoms with Gasteiger partial charge in [-0.15, -0.1) is 0 Å². The number of aliphatic hydroxyl groups excluding tert-OH is 1. The Labute approximate surface area is 131 Å². The summed E-state index contributed by atoms with van der Waals surface area (Å²) in [5.41, 5.74) is 0.689. The number of aliphatic hydroxyl groups is 1. The third-order valence-electron chi connectivity index (χ3n) is 4.01. The molecule has 1 aromatic rings. The van der Waals surface area contributed by atoms with E-state index in [2.05, 4.69) is 0 Å². The molecule has 1 atom stereocenters. The predicted octanol–water partition coefficient (Wildman–Crippen LogP) is 3.60. The highest BCUT2D eigenvalue weighted by Crippen LogP contribution is 2.41. The Morgan fingerprint density at radius 2 is 1.86 bits per heavy atom. The Bertz CT molecular complexity index is 472. The minimum absolute atomic E-state index is 0.355. The maximum Gasteiger partial charge on any atom is 0.162 e. The van der Waals surface area contributed by atoms with Crippen LogP contribution in [0.1, 0.15) is 37.9 Å². The lowest BCUT2D eigenvalue weighted by Gasteiger charge is -2.36. The molecule has 0 amide bonds. The Kier molecular flexibility index (Phi) is 5.73. The van der Waals surface area contributed by atoms with E-state index in [1.54, 1.807) is 26.4 Å². The van der Waals surface area contributed by atoms with Crippen LogP contribution in [-0.2, 0) is 4.74 Å². The summed E-state index contributed by atoms with van der Waals surface area (Å²) in [4.78, 5) is 0. The zero-order valence-electron chi connectivity index (χ0n) is 12.8. The summed E-state index contributed by atoms with van der Waals surface area (Å²) in [6.07, 6.45) is 2.47. The van der Waals surface area contributed by atoms with Gasteiger partial charge in [-0.2, -0.15) is 0 Å². The van der Waals surface area contributed by atoms with Gasteiger partial charge in [0, 0.05) is 18.2 Å². The highest BCUT2D eigenvalue weighted by molar-refractivity contribution is 6.31. The lowest BCUT2D eigenvalue weighted by atomic mass is 9.78. The second-order valence-electron chi connectivity index (χ2n) is 5.39. The molecular weight excluding hydrogens is 292 g/mol. The van der Waals surface area contributed by atoms with Crippen LogP contribution in [0.15, 0.2) is 12.1 Å². The van der Waals surface area contributed by atoms with E-state index >= 15 is 0 Å². The molecule has 1 N–H and O–H groups in total. The quantitative estimate of drug-likeness (QED) is 0.835. The van der Waals surface area contributed by atoms with Crippen molar-refractivity contribution in [3.8, 4) is 11.5 Å². The van der Waals surface area contributed by atoms with Crippen molar-refractivity contribution >= 4 is 11.6 Å². The fourth-order valence-corrected chi connectivity index (χ4v) is 3.09. The van der Waals surface area contributed by atoms with Gasteiger partial charge < -0.3 is 19.3 Å². The molecule has 4 nitrogen and oxygen atoms in total. The molecule has 0 aromatic heterocycles. The van der Waals surface area contributed by atoms with Crippen LogP contribution >= 0.6 is 11.6 Å². The van der Waals surface area contributed by atoms with Crippen LogP contribution in [0.4, 0.5) is 0 Å². The molecule has 1 fully saturated rings. The fourth-order valence-electron chi connectivity index (χ4n) is 2.81. The van der Waals surface area contributed by atoms with Crippen LogP contribution in [0.2, 0.25) is 5.02 Å². The molecule has 1 unspecified atom stereocenters. The van der Waals surface area contributed by atoms with E-state index in [0.717, 1.165) is 19.4 Å². The lowest BCUT2D eigenvalue weighted by Crippen LogP contribution is -2.32. The standard InChI is InChI=1S/C16H23ClO4/c1-4-21-11-5-10(6-11)7-14(18)12-8-15(19-2)16(20-3)9-13(12)17/h8-11,14,18H,4-7H2,1-3H3. The maximum atomic E-state index is 10.4. The van der Waals surface area contributed by atoms with Crippen molar-refractivity contribution in [1.82, 2.24) is 0 Å². The summed E-state index contributed by atoms with van der Waals surface area (Å²) in [7, 11) is 3.13. The number of hydrogen-bond acceptors (Lipinski definition) is 4. The van der Waals surface area contributed by atoms with E-state index in [0.29, 0.717) is 40.5 Å². The number of ether oxygens (including phenoxy) is 3. The average Bonchev–Trinajstić information content (AvgIpc) is 2.44. The van der Waals surface area contributed by atoms with Gasteiger partial charge in [0.15, 0.2) is 11.5 Å². The summed E-state index contributed by atoms with van der Waals surface area (Å²) in [6, 6.07) is 3.44. The van der Waals surface area contributed by atoms with Crippen LogP contribution in [-0.4, -0.2) is 32.0 Å². The van der Waals surface area contributed by atoms with Crippen molar-refractivity contribution in [3.05, 3.63) is 22.7 Å².